The predicted molar refractivity (Wildman–Crippen MR) is 46.6 cm³/mol. The maximum Gasteiger partial charge on any atom is 0.0201 e. The highest BCUT2D eigenvalue weighted by molar-refractivity contribution is 7.22. The third-order valence-corrected chi connectivity index (χ3v) is 2.14. The molecular weight excluding hydrogens is 129 g/mol. The number of nitrogens with one attached hydrogen (secondary N) is 1. The Morgan fingerprint density at radius 3 is 2.44 bits per heavy atom. The van der Waals surface area contributed by atoms with Gasteiger partial charge in [-0.2, -0.15) is 0 Å². The minimum Gasteiger partial charge on any atom is -0.316 e. The van der Waals surface area contributed by atoms with Gasteiger partial charge in [0.05, 0.1) is 0 Å². The van der Waals surface area contributed by atoms with E-state index >= 15 is 0 Å². The lowest BCUT2D eigenvalue weighted by Crippen LogP contribution is -2.08. The molecule has 0 bridgehead atoms. The Bertz CT molecular complexity index is 107. The molecule has 1 N–H and O–H groups in total. The molecule has 0 spiro atoms. The molecule has 1 nitrogen and oxygen atoms in total. The molecule has 0 fully saturated rings. The first-order valence-electron chi connectivity index (χ1n) is 3.31. The van der Waals surface area contributed by atoms with E-state index in [4.69, 9.17) is 0 Å². The molecule has 0 radical (unpaired) electrons. The van der Waals surface area contributed by atoms with Gasteiger partial charge >= 0.3 is 0 Å². The lowest BCUT2D eigenvalue weighted by atomic mass is 10.2. The standard InChI is InChI=1S/C7H16NP/c1-4-6(2)7(9)5-8-3/h8H,4-5,9H2,1-3H3/b7-6+. The lowest BCUT2D eigenvalue weighted by Gasteiger charge is -2.02. The molecule has 1 unspecified atom stereocenters. The molecule has 1 atom stereocenters. The normalized spacial score (nSPS) is 13.3. The van der Waals surface area contributed by atoms with E-state index in [0.29, 0.717) is 0 Å². The van der Waals surface area contributed by atoms with Crippen LogP contribution >= 0.6 is 9.24 Å². The van der Waals surface area contributed by atoms with E-state index in [1.54, 1.807) is 0 Å². The second kappa shape index (κ2) is 4.96. The zero-order chi connectivity index (χ0) is 7.28. The molecule has 0 heterocycles. The molecule has 9 heavy (non-hydrogen) atoms. The fourth-order valence-electron chi connectivity index (χ4n) is 0.568. The first-order valence-corrected chi connectivity index (χ1v) is 3.88. The van der Waals surface area contributed by atoms with E-state index in [1.165, 1.54) is 10.9 Å². The van der Waals surface area contributed by atoms with Crippen LogP contribution < -0.4 is 5.32 Å². The maximum atomic E-state index is 3.10. The number of hydrogen-bond acceptors (Lipinski definition) is 1. The van der Waals surface area contributed by atoms with Crippen LogP contribution in [0.15, 0.2) is 10.9 Å². The molecule has 0 aliphatic carbocycles. The SMILES string of the molecule is CC/C(C)=C(/P)CNC. The minimum absolute atomic E-state index is 0.990. The average Bonchev–Trinajstić information content (AvgIpc) is 1.87. The molecule has 0 saturated heterocycles. The topological polar surface area (TPSA) is 12.0 Å². The summed E-state index contributed by atoms with van der Waals surface area (Å²) in [7, 11) is 4.72. The van der Waals surface area contributed by atoms with Gasteiger partial charge in [0.15, 0.2) is 0 Å². The highest BCUT2D eigenvalue weighted by Crippen LogP contribution is 2.12. The van der Waals surface area contributed by atoms with E-state index in [-0.39, 0.29) is 0 Å². The van der Waals surface area contributed by atoms with Gasteiger partial charge in [0.1, 0.15) is 0 Å². The molecule has 2 heteroatoms. The van der Waals surface area contributed by atoms with Gasteiger partial charge in [-0.15, -0.1) is 9.24 Å². The smallest absolute Gasteiger partial charge is 0.0201 e. The second-order valence-corrected chi connectivity index (χ2v) is 2.89. The van der Waals surface area contributed by atoms with Crippen molar-refractivity contribution in [3.8, 4) is 0 Å². The molecule has 0 saturated carbocycles. The van der Waals surface area contributed by atoms with Crippen molar-refractivity contribution in [1.29, 1.82) is 0 Å². The van der Waals surface area contributed by atoms with Crippen LogP contribution in [0.4, 0.5) is 0 Å². The fourth-order valence-corrected chi connectivity index (χ4v) is 0.977. The van der Waals surface area contributed by atoms with Crippen LogP contribution in [0.5, 0.6) is 0 Å². The summed E-state index contributed by atoms with van der Waals surface area (Å²) in [6, 6.07) is 0. The molecule has 0 aliphatic rings. The van der Waals surface area contributed by atoms with E-state index in [0.717, 1.165) is 13.0 Å². The van der Waals surface area contributed by atoms with Crippen molar-refractivity contribution in [3.05, 3.63) is 10.9 Å². The Morgan fingerprint density at radius 1 is 1.56 bits per heavy atom. The fraction of sp³-hybridized carbons (Fsp3) is 0.714. The summed E-state index contributed by atoms with van der Waals surface area (Å²) in [5, 5.41) is 4.49. The summed E-state index contributed by atoms with van der Waals surface area (Å²) >= 11 is 0. The van der Waals surface area contributed by atoms with Gasteiger partial charge < -0.3 is 5.32 Å². The molecule has 0 aromatic heterocycles. The van der Waals surface area contributed by atoms with Crippen LogP contribution in [0.25, 0.3) is 0 Å². The monoisotopic (exact) mass is 145 g/mol. The van der Waals surface area contributed by atoms with Gasteiger partial charge in [0.2, 0.25) is 0 Å². The third-order valence-electron chi connectivity index (χ3n) is 1.45. The van der Waals surface area contributed by atoms with E-state index in [2.05, 4.69) is 28.4 Å². The van der Waals surface area contributed by atoms with Crippen LogP contribution in [0, 0.1) is 0 Å². The molecule has 0 aromatic rings. The Kier molecular flexibility index (Phi) is 5.03. The van der Waals surface area contributed by atoms with Crippen molar-refractivity contribution in [2.75, 3.05) is 13.6 Å². The predicted octanol–water partition coefficient (Wildman–Crippen LogP) is 1.76. The van der Waals surface area contributed by atoms with Crippen molar-refractivity contribution in [2.45, 2.75) is 20.3 Å². The van der Waals surface area contributed by atoms with Crippen molar-refractivity contribution in [1.82, 2.24) is 5.32 Å². The van der Waals surface area contributed by atoms with Crippen LogP contribution in [-0.4, -0.2) is 13.6 Å². The number of rotatable bonds is 3. The van der Waals surface area contributed by atoms with Crippen molar-refractivity contribution < 1.29 is 0 Å². The zero-order valence-corrected chi connectivity index (χ0v) is 7.65. The van der Waals surface area contributed by atoms with E-state index in [1.807, 2.05) is 7.05 Å². The first kappa shape index (κ1) is 9.13. The first-order chi connectivity index (χ1) is 4.22. The van der Waals surface area contributed by atoms with Crippen LogP contribution in [0.2, 0.25) is 0 Å². The van der Waals surface area contributed by atoms with Crippen molar-refractivity contribution in [3.63, 3.8) is 0 Å². The summed E-state index contributed by atoms with van der Waals surface area (Å²) in [6.07, 6.45) is 1.15. The summed E-state index contributed by atoms with van der Waals surface area (Å²) in [6.45, 7) is 5.33. The summed E-state index contributed by atoms with van der Waals surface area (Å²) < 4.78 is 0. The van der Waals surface area contributed by atoms with Crippen LogP contribution in [-0.2, 0) is 0 Å². The van der Waals surface area contributed by atoms with Crippen LogP contribution in [0.1, 0.15) is 20.3 Å². The molecule has 0 aromatic carbocycles. The number of allylic oxidation sites excluding steroid dienone is 1. The third kappa shape index (κ3) is 3.66. The quantitative estimate of drug-likeness (QED) is 0.597. The molecule has 0 aliphatic heterocycles. The Morgan fingerprint density at radius 2 is 2.11 bits per heavy atom. The van der Waals surface area contributed by atoms with E-state index < -0.39 is 0 Å². The van der Waals surface area contributed by atoms with E-state index in [9.17, 15) is 0 Å². The van der Waals surface area contributed by atoms with Gasteiger partial charge in [0.25, 0.3) is 0 Å². The van der Waals surface area contributed by atoms with Crippen molar-refractivity contribution >= 4 is 9.24 Å². The summed E-state index contributed by atoms with van der Waals surface area (Å²) in [5.74, 6) is 0. The van der Waals surface area contributed by atoms with Gasteiger partial charge in [-0.1, -0.05) is 12.5 Å². The summed E-state index contributed by atoms with van der Waals surface area (Å²) in [5.41, 5.74) is 1.47. The molecule has 54 valence electrons. The maximum absolute atomic E-state index is 3.10. The average molecular weight is 145 g/mol. The van der Waals surface area contributed by atoms with Crippen molar-refractivity contribution in [2.24, 2.45) is 0 Å². The molecule has 0 rings (SSSR count). The Balaban J connectivity index is 3.78. The number of hydrogen-bond donors (Lipinski definition) is 1. The van der Waals surface area contributed by atoms with Gasteiger partial charge in [0, 0.05) is 6.54 Å². The lowest BCUT2D eigenvalue weighted by molar-refractivity contribution is 0.894. The van der Waals surface area contributed by atoms with Gasteiger partial charge in [-0.3, -0.25) is 0 Å². The number of likely N-dealkylation sites (N-methyl/N-ethyl adjacent to an activating group) is 1. The summed E-state index contributed by atoms with van der Waals surface area (Å²) in [4.78, 5) is 0. The Labute approximate surface area is 60.1 Å². The molecular formula is C7H16NP. The highest BCUT2D eigenvalue weighted by Gasteiger charge is 1.90. The minimum atomic E-state index is 0.990. The largest absolute Gasteiger partial charge is 0.316 e. The zero-order valence-electron chi connectivity index (χ0n) is 6.49. The second-order valence-electron chi connectivity index (χ2n) is 2.19. The van der Waals surface area contributed by atoms with Gasteiger partial charge in [-0.05, 0) is 25.7 Å². The Hall–Kier alpha value is 0.130. The molecule has 0 amide bonds. The van der Waals surface area contributed by atoms with Gasteiger partial charge in [-0.25, -0.2) is 0 Å². The highest BCUT2D eigenvalue weighted by atomic mass is 31.0. The van der Waals surface area contributed by atoms with Crippen LogP contribution in [0.3, 0.4) is 0 Å².